The van der Waals surface area contributed by atoms with Crippen LogP contribution in [0.5, 0.6) is 5.75 Å². The van der Waals surface area contributed by atoms with Crippen LogP contribution in [0.3, 0.4) is 0 Å². The van der Waals surface area contributed by atoms with Crippen LogP contribution < -0.4 is 10.1 Å². The van der Waals surface area contributed by atoms with Gasteiger partial charge in [0.25, 0.3) is 0 Å². The third kappa shape index (κ3) is 4.42. The Balaban J connectivity index is 1.48. The number of nitrogens with one attached hydrogen (secondary N) is 1. The minimum Gasteiger partial charge on any atom is -0.433 e. The van der Waals surface area contributed by atoms with E-state index in [2.05, 4.69) is 15.0 Å². The highest BCUT2D eigenvalue weighted by molar-refractivity contribution is 7.15. The molecule has 0 radical (unpaired) electrons. The zero-order valence-corrected chi connectivity index (χ0v) is 16.7. The second-order valence-electron chi connectivity index (χ2n) is 6.26. The number of thiazole rings is 1. The molecule has 0 aliphatic rings. The number of hydrogen-bond donors (Lipinski definition) is 1. The molecule has 2 heterocycles. The first kappa shape index (κ1) is 20.2. The zero-order chi connectivity index (χ0) is 21.3. The number of anilines is 1. The van der Waals surface area contributed by atoms with E-state index in [1.54, 1.807) is 22.7 Å². The van der Waals surface area contributed by atoms with E-state index >= 15 is 0 Å². The fourth-order valence-corrected chi connectivity index (χ4v) is 3.95. The van der Waals surface area contributed by atoms with Crippen LogP contribution in [0, 0.1) is 5.82 Å². The maximum Gasteiger partial charge on any atom is 0.387 e. The molecule has 0 unspecified atom stereocenters. The Morgan fingerprint density at radius 1 is 1.23 bits per heavy atom. The number of aromatic nitrogens is 2. The fourth-order valence-electron chi connectivity index (χ4n) is 2.86. The minimum absolute atomic E-state index is 0.0374. The maximum atomic E-state index is 13.1. The lowest BCUT2D eigenvalue weighted by molar-refractivity contribution is -0.115. The van der Waals surface area contributed by atoms with Crippen LogP contribution in [0.15, 0.2) is 54.0 Å². The molecule has 0 saturated heterocycles. The molecule has 30 heavy (non-hydrogen) atoms. The van der Waals surface area contributed by atoms with Crippen molar-refractivity contribution in [3.05, 3.63) is 70.6 Å². The number of ether oxygens (including phenoxy) is 1. The van der Waals surface area contributed by atoms with Gasteiger partial charge in [0, 0.05) is 28.5 Å². The van der Waals surface area contributed by atoms with E-state index in [4.69, 9.17) is 11.6 Å². The Kier molecular flexibility index (Phi) is 5.65. The van der Waals surface area contributed by atoms with Crippen LogP contribution in [0.2, 0.25) is 5.02 Å². The number of fused-ring (bicyclic) bond motifs is 1. The quantitative estimate of drug-likeness (QED) is 0.413. The molecule has 2 aromatic carbocycles. The Hall–Kier alpha value is -3.04. The van der Waals surface area contributed by atoms with Gasteiger partial charge in [-0.05, 0) is 42.5 Å². The van der Waals surface area contributed by atoms with Crippen LogP contribution in [0.1, 0.15) is 5.69 Å². The lowest BCUT2D eigenvalue weighted by Crippen LogP contribution is -2.15. The summed E-state index contributed by atoms with van der Waals surface area (Å²) < 4.78 is 43.8. The lowest BCUT2D eigenvalue weighted by Gasteiger charge is -2.09. The molecule has 0 fully saturated rings. The zero-order valence-electron chi connectivity index (χ0n) is 15.1. The Bertz CT molecular complexity index is 1210. The summed E-state index contributed by atoms with van der Waals surface area (Å²) in [5.41, 5.74) is 2.51. The molecular formula is C20H13ClF3N3O2S. The second kappa shape index (κ2) is 8.37. The fraction of sp³-hybridized carbons (Fsp3) is 0.100. The summed E-state index contributed by atoms with van der Waals surface area (Å²) in [4.78, 5) is 17.6. The van der Waals surface area contributed by atoms with Crippen LogP contribution >= 0.6 is 22.9 Å². The molecule has 1 amide bonds. The molecule has 4 rings (SSSR count). The van der Waals surface area contributed by atoms with E-state index in [1.165, 1.54) is 41.7 Å². The van der Waals surface area contributed by atoms with Gasteiger partial charge < -0.3 is 10.1 Å². The first-order valence-electron chi connectivity index (χ1n) is 8.64. The molecule has 0 bridgehead atoms. The number of nitrogens with zero attached hydrogens (tertiary/aromatic N) is 2. The van der Waals surface area contributed by atoms with Crippen molar-refractivity contribution in [1.29, 1.82) is 0 Å². The smallest absolute Gasteiger partial charge is 0.387 e. The van der Waals surface area contributed by atoms with E-state index in [-0.39, 0.29) is 28.9 Å². The van der Waals surface area contributed by atoms with Crippen LogP contribution in [-0.2, 0) is 11.2 Å². The minimum atomic E-state index is -2.99. The summed E-state index contributed by atoms with van der Waals surface area (Å²) in [5.74, 6) is -0.813. The lowest BCUT2D eigenvalue weighted by atomic mass is 10.2. The van der Waals surface area contributed by atoms with Gasteiger partial charge in [0.2, 0.25) is 5.91 Å². The van der Waals surface area contributed by atoms with Crippen LogP contribution in [0.25, 0.3) is 16.2 Å². The van der Waals surface area contributed by atoms with Crippen molar-refractivity contribution < 1.29 is 22.7 Å². The highest BCUT2D eigenvalue weighted by atomic mass is 35.5. The first-order valence-corrected chi connectivity index (χ1v) is 9.90. The van der Waals surface area contributed by atoms with Gasteiger partial charge >= 0.3 is 6.61 Å². The number of imidazole rings is 1. The average molecular weight is 452 g/mol. The Morgan fingerprint density at radius 3 is 2.70 bits per heavy atom. The first-order chi connectivity index (χ1) is 14.4. The normalized spacial score (nSPS) is 11.2. The summed E-state index contributed by atoms with van der Waals surface area (Å²) in [5, 5.41) is 4.46. The SMILES string of the molecule is O=C(Cc1csc2nc(-c3ccc(F)cc3)cn12)Nc1ccc(OC(F)F)c(Cl)c1. The van der Waals surface area contributed by atoms with Crippen molar-refractivity contribution in [3.8, 4) is 17.0 Å². The number of alkyl halides is 2. The molecule has 4 aromatic rings. The van der Waals surface area contributed by atoms with Gasteiger partial charge in [-0.15, -0.1) is 11.3 Å². The number of hydrogen-bond acceptors (Lipinski definition) is 4. The maximum absolute atomic E-state index is 13.1. The monoisotopic (exact) mass is 451 g/mol. The average Bonchev–Trinajstić information content (AvgIpc) is 3.26. The third-order valence-electron chi connectivity index (χ3n) is 4.20. The summed E-state index contributed by atoms with van der Waals surface area (Å²) in [6.45, 7) is -2.99. The van der Waals surface area contributed by atoms with Gasteiger partial charge in [-0.1, -0.05) is 11.6 Å². The van der Waals surface area contributed by atoms with E-state index < -0.39 is 6.61 Å². The molecule has 0 aliphatic heterocycles. The predicted molar refractivity (Wildman–Crippen MR) is 109 cm³/mol. The number of carbonyl (C=O) groups excluding carboxylic acids is 1. The van der Waals surface area contributed by atoms with Gasteiger partial charge in [-0.25, -0.2) is 9.37 Å². The molecule has 0 atom stereocenters. The van der Waals surface area contributed by atoms with Crippen molar-refractivity contribution in [2.75, 3.05) is 5.32 Å². The van der Waals surface area contributed by atoms with E-state index in [0.29, 0.717) is 16.3 Å². The summed E-state index contributed by atoms with van der Waals surface area (Å²) in [6, 6.07) is 10.0. The summed E-state index contributed by atoms with van der Waals surface area (Å²) in [7, 11) is 0. The number of benzene rings is 2. The number of halogens is 4. The summed E-state index contributed by atoms with van der Waals surface area (Å²) >= 11 is 7.28. The third-order valence-corrected chi connectivity index (χ3v) is 5.38. The Labute approximate surface area is 177 Å². The van der Waals surface area contributed by atoms with Crippen LogP contribution in [-0.4, -0.2) is 21.9 Å². The molecule has 0 aliphatic carbocycles. The van der Waals surface area contributed by atoms with Crippen molar-refractivity contribution >= 4 is 39.5 Å². The molecule has 1 N–H and O–H groups in total. The van der Waals surface area contributed by atoms with Crippen molar-refractivity contribution in [3.63, 3.8) is 0 Å². The molecule has 2 aromatic heterocycles. The van der Waals surface area contributed by atoms with Crippen molar-refractivity contribution in [2.24, 2.45) is 0 Å². The number of rotatable bonds is 6. The molecule has 0 saturated carbocycles. The van der Waals surface area contributed by atoms with Crippen LogP contribution in [0.4, 0.5) is 18.9 Å². The number of carbonyl (C=O) groups is 1. The van der Waals surface area contributed by atoms with Gasteiger partial charge in [0.1, 0.15) is 11.6 Å². The molecule has 5 nitrogen and oxygen atoms in total. The van der Waals surface area contributed by atoms with E-state index in [0.717, 1.165) is 11.3 Å². The van der Waals surface area contributed by atoms with Crippen molar-refractivity contribution in [2.45, 2.75) is 13.0 Å². The molecule has 154 valence electrons. The van der Waals surface area contributed by atoms with Gasteiger partial charge in [-0.3, -0.25) is 9.20 Å². The second-order valence-corrected chi connectivity index (χ2v) is 7.51. The van der Waals surface area contributed by atoms with E-state index in [9.17, 15) is 18.0 Å². The molecule has 0 spiro atoms. The number of amides is 1. The largest absolute Gasteiger partial charge is 0.433 e. The topological polar surface area (TPSA) is 55.6 Å². The van der Waals surface area contributed by atoms with E-state index in [1.807, 2.05) is 5.38 Å². The molecule has 10 heteroatoms. The predicted octanol–water partition coefficient (Wildman–Crippen LogP) is 5.64. The highest BCUT2D eigenvalue weighted by Gasteiger charge is 2.14. The van der Waals surface area contributed by atoms with Gasteiger partial charge in [0.05, 0.1) is 17.1 Å². The van der Waals surface area contributed by atoms with Gasteiger partial charge in [-0.2, -0.15) is 8.78 Å². The van der Waals surface area contributed by atoms with Gasteiger partial charge in [0.15, 0.2) is 4.96 Å². The molecular weight excluding hydrogens is 439 g/mol. The summed E-state index contributed by atoms with van der Waals surface area (Å²) in [6.07, 6.45) is 1.85. The standard InChI is InChI=1S/C20H13ClF3N3O2S/c21-15-7-13(5-6-17(15)29-19(23)24)25-18(28)8-14-10-30-20-26-16(9-27(14)20)11-1-3-12(22)4-2-11/h1-7,9-10,19H,8H2,(H,25,28). The highest BCUT2D eigenvalue weighted by Crippen LogP contribution is 2.29. The Morgan fingerprint density at radius 2 is 2.00 bits per heavy atom. The van der Waals surface area contributed by atoms with Crippen molar-refractivity contribution in [1.82, 2.24) is 9.38 Å².